The summed E-state index contributed by atoms with van der Waals surface area (Å²) in [4.78, 5) is 0.0584. The molecule has 0 bridgehead atoms. The van der Waals surface area contributed by atoms with E-state index >= 15 is 0 Å². The summed E-state index contributed by atoms with van der Waals surface area (Å²) in [5, 5.41) is 9.36. The molecule has 0 aliphatic heterocycles. The molecule has 10 heteroatoms. The molecule has 1 aromatic carbocycles. The van der Waals surface area contributed by atoms with Crippen molar-refractivity contribution in [2.24, 2.45) is 40.4 Å². The quantitative estimate of drug-likeness (QED) is 0.309. The summed E-state index contributed by atoms with van der Waals surface area (Å²) in [5.74, 6) is 1.08. The maximum atomic E-state index is 13.7. The molecule has 1 N–H and O–H groups in total. The molecule has 4 saturated carbocycles. The highest BCUT2D eigenvalue weighted by Crippen LogP contribution is 2.69. The van der Waals surface area contributed by atoms with Crippen LogP contribution in [0, 0.1) is 40.4 Å². The van der Waals surface area contributed by atoms with E-state index in [1.807, 2.05) is 0 Å². The van der Waals surface area contributed by atoms with Crippen LogP contribution < -0.4 is 0 Å². The molecular weight excluding hydrogens is 578 g/mol. The van der Waals surface area contributed by atoms with Crippen LogP contribution in [0.1, 0.15) is 97.3 Å². The second kappa shape index (κ2) is 11.0. The summed E-state index contributed by atoms with van der Waals surface area (Å²) in [6, 6.07) is 7.74. The van der Waals surface area contributed by atoms with Crippen molar-refractivity contribution < 1.29 is 39.9 Å². The first kappa shape index (κ1) is 32.1. The van der Waals surface area contributed by atoms with Crippen molar-refractivity contribution in [3.63, 3.8) is 0 Å². The summed E-state index contributed by atoms with van der Waals surface area (Å²) in [5.41, 5.74) is -2.91. The molecule has 3 nitrogen and oxygen atoms in total. The highest BCUT2D eigenvalue weighted by molar-refractivity contribution is 7.92. The van der Waals surface area contributed by atoms with Gasteiger partial charge in [0, 0.05) is 6.42 Å². The van der Waals surface area contributed by atoms with Crippen molar-refractivity contribution in [3.8, 4) is 0 Å². The molecule has 4 aliphatic rings. The van der Waals surface area contributed by atoms with E-state index in [1.165, 1.54) is 12.1 Å². The summed E-state index contributed by atoms with van der Waals surface area (Å²) < 4.78 is 107. The Morgan fingerprint density at radius 2 is 1.52 bits per heavy atom. The van der Waals surface area contributed by atoms with E-state index in [-0.39, 0.29) is 46.8 Å². The largest absolute Gasteiger partial charge is 0.417 e. The lowest BCUT2D eigenvalue weighted by Crippen LogP contribution is -2.59. The van der Waals surface area contributed by atoms with Gasteiger partial charge in [0.05, 0.1) is 10.1 Å². The Balaban J connectivity index is 1.30. The monoisotopic (exact) mass is 622 g/mol. The Morgan fingerprint density at radius 3 is 2.17 bits per heavy atom. The number of sulfone groups is 1. The molecule has 42 heavy (non-hydrogen) atoms. The normalized spacial score (nSPS) is 39.7. The number of halogens is 6. The first-order valence-electron chi connectivity index (χ1n) is 15.6. The maximum Gasteiger partial charge on any atom is 0.417 e. The van der Waals surface area contributed by atoms with Crippen LogP contribution in [0.4, 0.5) is 26.3 Å². The van der Waals surface area contributed by atoms with Crippen molar-refractivity contribution in [2.75, 3.05) is 0 Å². The molecule has 4 aliphatic carbocycles. The Hall–Kier alpha value is -1.29. The van der Waals surface area contributed by atoms with Crippen molar-refractivity contribution in [3.05, 3.63) is 30.3 Å². The fraction of sp³-hybridized carbons (Fsp3) is 0.812. The summed E-state index contributed by atoms with van der Waals surface area (Å²) in [6.07, 6.45) is -4.88. The van der Waals surface area contributed by atoms with Gasteiger partial charge in [0.25, 0.3) is 0 Å². The zero-order valence-electron chi connectivity index (χ0n) is 24.5. The molecule has 0 heterocycles. The number of hydrogen-bond acceptors (Lipinski definition) is 3. The average molecular weight is 623 g/mol. The van der Waals surface area contributed by atoms with Gasteiger partial charge in [-0.3, -0.25) is 0 Å². The summed E-state index contributed by atoms with van der Waals surface area (Å²) in [7, 11) is -3.93. The van der Waals surface area contributed by atoms with Gasteiger partial charge >= 0.3 is 12.4 Å². The van der Waals surface area contributed by atoms with Gasteiger partial charge < -0.3 is 5.11 Å². The molecule has 0 spiro atoms. The van der Waals surface area contributed by atoms with Crippen molar-refractivity contribution in [1.82, 2.24) is 0 Å². The van der Waals surface area contributed by atoms with Crippen LogP contribution >= 0.6 is 0 Å². The van der Waals surface area contributed by atoms with Gasteiger partial charge in [-0.05, 0) is 130 Å². The summed E-state index contributed by atoms with van der Waals surface area (Å²) in [6.45, 7) is 4.40. The van der Waals surface area contributed by atoms with Gasteiger partial charge in [-0.25, -0.2) is 8.42 Å². The Bertz CT molecular complexity index is 1220. The zero-order chi connectivity index (χ0) is 30.8. The van der Waals surface area contributed by atoms with E-state index in [4.69, 9.17) is 0 Å². The third-order valence-corrected chi connectivity index (χ3v) is 14.8. The lowest BCUT2D eigenvalue weighted by molar-refractivity contribution is -0.290. The van der Waals surface area contributed by atoms with Gasteiger partial charge in [0.2, 0.25) is 0 Å². The Kier molecular flexibility index (Phi) is 8.37. The van der Waals surface area contributed by atoms with Crippen LogP contribution in [0.2, 0.25) is 0 Å². The molecule has 5 rings (SSSR count). The topological polar surface area (TPSA) is 54.4 Å². The molecule has 0 aromatic heterocycles. The van der Waals surface area contributed by atoms with Crippen LogP contribution in [0.3, 0.4) is 0 Å². The van der Waals surface area contributed by atoms with E-state index in [0.29, 0.717) is 37.0 Å². The van der Waals surface area contributed by atoms with E-state index in [0.717, 1.165) is 32.1 Å². The molecule has 0 radical (unpaired) electrons. The smallest absolute Gasteiger partial charge is 0.380 e. The van der Waals surface area contributed by atoms with E-state index in [9.17, 15) is 39.9 Å². The summed E-state index contributed by atoms with van der Waals surface area (Å²) >= 11 is 0. The zero-order valence-corrected chi connectivity index (χ0v) is 25.3. The number of aliphatic hydroxyl groups is 1. The minimum Gasteiger partial charge on any atom is -0.380 e. The van der Waals surface area contributed by atoms with Crippen molar-refractivity contribution in [2.45, 2.75) is 125 Å². The molecule has 0 amide bonds. The minimum atomic E-state index is -4.62. The van der Waals surface area contributed by atoms with Crippen LogP contribution in [-0.4, -0.2) is 36.7 Å². The fourth-order valence-corrected chi connectivity index (χ4v) is 11.9. The SMILES string of the molecule is CC12CCC3C(CCC4CC(O)(C(F)(F)F)CCC43C)C1CCC2CCC(CCC(F)(F)F)S(=O)(=O)c1ccccc1. The maximum absolute atomic E-state index is 13.7. The highest BCUT2D eigenvalue weighted by atomic mass is 32.2. The van der Waals surface area contributed by atoms with Gasteiger partial charge in [-0.2, -0.15) is 26.3 Å². The molecular formula is C32H44F6O3S. The lowest BCUT2D eigenvalue weighted by Gasteiger charge is -2.62. The number of alkyl halides is 6. The molecule has 4 fully saturated rings. The van der Waals surface area contributed by atoms with Gasteiger partial charge in [0.15, 0.2) is 15.4 Å². The van der Waals surface area contributed by atoms with Crippen LogP contribution in [0.25, 0.3) is 0 Å². The van der Waals surface area contributed by atoms with Crippen LogP contribution in [-0.2, 0) is 9.84 Å². The van der Waals surface area contributed by atoms with Crippen molar-refractivity contribution in [1.29, 1.82) is 0 Å². The molecule has 9 atom stereocenters. The molecule has 9 unspecified atom stereocenters. The fourth-order valence-electron chi connectivity index (χ4n) is 10.1. The number of benzene rings is 1. The predicted molar refractivity (Wildman–Crippen MR) is 148 cm³/mol. The van der Waals surface area contributed by atoms with Gasteiger partial charge in [-0.1, -0.05) is 32.0 Å². The number of fused-ring (bicyclic) bond motifs is 5. The predicted octanol–water partition coefficient (Wildman–Crippen LogP) is 8.90. The third kappa shape index (κ3) is 5.65. The average Bonchev–Trinajstić information content (AvgIpc) is 3.24. The van der Waals surface area contributed by atoms with Crippen LogP contribution in [0.5, 0.6) is 0 Å². The second-order valence-electron chi connectivity index (χ2n) is 14.4. The molecule has 1 aromatic rings. The minimum absolute atomic E-state index is 0.0584. The first-order chi connectivity index (χ1) is 19.4. The van der Waals surface area contributed by atoms with E-state index in [2.05, 4.69) is 13.8 Å². The number of rotatable bonds is 7. The number of hydrogen-bond donors (Lipinski definition) is 1. The second-order valence-corrected chi connectivity index (χ2v) is 16.6. The van der Waals surface area contributed by atoms with Gasteiger partial charge in [0.1, 0.15) is 0 Å². The third-order valence-electron chi connectivity index (χ3n) is 12.5. The Morgan fingerprint density at radius 1 is 0.857 bits per heavy atom. The van der Waals surface area contributed by atoms with E-state index in [1.54, 1.807) is 18.2 Å². The van der Waals surface area contributed by atoms with E-state index < -0.39 is 45.9 Å². The van der Waals surface area contributed by atoms with Crippen LogP contribution in [0.15, 0.2) is 35.2 Å². The standard InChI is InChI=1S/C32H44F6O3S/c1-28-16-15-27-25(12-9-22-20-30(39,32(36,37)38)19-18-29(22,27)2)26(28)13-10-21(28)8-11-24(14-17-31(33,34)35)42(40,41)23-6-4-3-5-7-23/h3-7,21-22,24-27,39H,8-20H2,1-2H3. The first-order valence-corrected chi connectivity index (χ1v) is 17.1. The molecule has 238 valence electrons. The molecule has 0 saturated heterocycles. The van der Waals surface area contributed by atoms with Gasteiger partial charge in [-0.15, -0.1) is 0 Å². The Labute approximate surface area is 245 Å². The highest BCUT2D eigenvalue weighted by Gasteiger charge is 2.65. The lowest BCUT2D eigenvalue weighted by atomic mass is 9.43. The van der Waals surface area contributed by atoms with Crippen molar-refractivity contribution >= 4 is 9.84 Å².